The molecule has 1 aromatic carbocycles. The van der Waals surface area contributed by atoms with Crippen molar-refractivity contribution in [3.8, 4) is 0 Å². The highest BCUT2D eigenvalue weighted by Gasteiger charge is 2.54. The predicted octanol–water partition coefficient (Wildman–Crippen LogP) is 2.45. The molecule has 0 radical (unpaired) electrons. The fraction of sp³-hybridized carbons (Fsp3) is 0.348. The summed E-state index contributed by atoms with van der Waals surface area (Å²) in [4.78, 5) is 33.1. The van der Waals surface area contributed by atoms with E-state index in [0.717, 1.165) is 16.5 Å². The van der Waals surface area contributed by atoms with Gasteiger partial charge in [-0.3, -0.25) is 9.59 Å². The molecule has 5 rings (SSSR count). The van der Waals surface area contributed by atoms with Crippen molar-refractivity contribution in [3.63, 3.8) is 0 Å². The minimum atomic E-state index is -0.311. The fourth-order valence-corrected chi connectivity index (χ4v) is 4.48. The van der Waals surface area contributed by atoms with E-state index in [4.69, 9.17) is 4.74 Å². The maximum Gasteiger partial charge on any atom is 0.269 e. The number of hydrogen-bond donors (Lipinski definition) is 3. The zero-order valence-electron chi connectivity index (χ0n) is 16.9. The fourth-order valence-electron chi connectivity index (χ4n) is 4.48. The third-order valence-corrected chi connectivity index (χ3v) is 6.36. The van der Waals surface area contributed by atoms with Crippen molar-refractivity contribution in [3.05, 3.63) is 65.1 Å². The Bertz CT molecular complexity index is 1130. The number of benzene rings is 1. The third-order valence-electron chi connectivity index (χ3n) is 6.36. The van der Waals surface area contributed by atoms with Crippen LogP contribution in [0.3, 0.4) is 0 Å². The number of nitrogens with zero attached hydrogens (tertiary/aromatic N) is 1. The van der Waals surface area contributed by atoms with E-state index in [1.807, 2.05) is 31.3 Å². The van der Waals surface area contributed by atoms with Crippen molar-refractivity contribution in [2.24, 2.45) is 11.8 Å². The normalized spacial score (nSPS) is 23.1. The number of pyridine rings is 1. The second-order valence-corrected chi connectivity index (χ2v) is 8.12. The van der Waals surface area contributed by atoms with Crippen LogP contribution in [0.15, 0.2) is 42.6 Å². The number of nitrogens with one attached hydrogen (secondary N) is 3. The van der Waals surface area contributed by atoms with Crippen LogP contribution in [0.25, 0.3) is 10.9 Å². The molecule has 3 N–H and O–H groups in total. The summed E-state index contributed by atoms with van der Waals surface area (Å²) >= 11 is 0. The molecule has 0 bridgehead atoms. The quantitative estimate of drug-likeness (QED) is 0.609. The zero-order chi connectivity index (χ0) is 20.8. The summed E-state index contributed by atoms with van der Waals surface area (Å²) in [6.07, 6.45) is 1.91. The summed E-state index contributed by atoms with van der Waals surface area (Å²) in [6.45, 7) is 3.46. The third kappa shape index (κ3) is 3.15. The van der Waals surface area contributed by atoms with Crippen LogP contribution in [-0.4, -0.2) is 48.1 Å². The Morgan fingerprint density at radius 1 is 1.17 bits per heavy atom. The first-order chi connectivity index (χ1) is 14.6. The van der Waals surface area contributed by atoms with E-state index in [1.165, 1.54) is 0 Å². The van der Waals surface area contributed by atoms with Gasteiger partial charge in [0.1, 0.15) is 5.69 Å². The topological polar surface area (TPSA) is 96.1 Å². The van der Waals surface area contributed by atoms with Crippen LogP contribution in [0.2, 0.25) is 0 Å². The monoisotopic (exact) mass is 404 g/mol. The van der Waals surface area contributed by atoms with E-state index in [-0.39, 0.29) is 29.5 Å². The maximum absolute atomic E-state index is 13.0. The molecular weight excluding hydrogens is 380 g/mol. The molecule has 154 valence electrons. The van der Waals surface area contributed by atoms with Gasteiger partial charge in [-0.15, -0.1) is 0 Å². The first-order valence-corrected chi connectivity index (χ1v) is 10.3. The van der Waals surface area contributed by atoms with Gasteiger partial charge in [-0.25, -0.2) is 4.98 Å². The average Bonchev–Trinajstić information content (AvgIpc) is 3.16. The smallest absolute Gasteiger partial charge is 0.269 e. The molecule has 2 aromatic heterocycles. The van der Waals surface area contributed by atoms with Crippen molar-refractivity contribution in [2.75, 3.05) is 20.3 Å². The number of H-pyrrole nitrogens is 1. The number of carbonyl (C=O) groups is 2. The Morgan fingerprint density at radius 2 is 1.97 bits per heavy atom. The van der Waals surface area contributed by atoms with Gasteiger partial charge < -0.3 is 20.4 Å². The summed E-state index contributed by atoms with van der Waals surface area (Å²) in [5.41, 5.74) is 3.53. The predicted molar refractivity (Wildman–Crippen MR) is 112 cm³/mol. The van der Waals surface area contributed by atoms with Crippen LogP contribution in [-0.2, 0) is 4.74 Å². The number of amides is 2. The molecule has 30 heavy (non-hydrogen) atoms. The van der Waals surface area contributed by atoms with Gasteiger partial charge >= 0.3 is 0 Å². The SMILES string of the molecule is CNC(=O)c1cc(C(=O)N[C@H]2[C@@H]3COC[C@@H]32)cc([C@@H](C)c2cccc3[nH]ccc23)n1. The molecule has 2 amide bonds. The first-order valence-electron chi connectivity index (χ1n) is 10.3. The number of rotatable bonds is 5. The van der Waals surface area contributed by atoms with Crippen molar-refractivity contribution in [1.29, 1.82) is 0 Å². The molecule has 2 fully saturated rings. The minimum Gasteiger partial charge on any atom is -0.381 e. The van der Waals surface area contributed by atoms with Crippen molar-refractivity contribution >= 4 is 22.7 Å². The molecule has 0 spiro atoms. The number of aromatic amines is 1. The summed E-state index contributed by atoms with van der Waals surface area (Å²) in [7, 11) is 1.56. The Morgan fingerprint density at radius 3 is 2.73 bits per heavy atom. The molecule has 1 saturated carbocycles. The second kappa shape index (κ2) is 7.25. The van der Waals surface area contributed by atoms with E-state index in [0.29, 0.717) is 36.3 Å². The molecule has 7 nitrogen and oxygen atoms in total. The number of hydrogen-bond acceptors (Lipinski definition) is 4. The van der Waals surface area contributed by atoms with Crippen LogP contribution >= 0.6 is 0 Å². The standard InChI is InChI=1S/C23H24N4O3/c1-12(14-4-3-5-18-15(14)6-7-25-18)19-8-13(9-20(26-19)23(29)24-2)22(28)27-21-16-10-30-11-17(16)21/h3-9,12,16-17,21,25H,10-11H2,1-2H3,(H,24,29)(H,27,28)/t12-,16-,17+,21+/m0/s1. The molecule has 7 heteroatoms. The van der Waals surface area contributed by atoms with E-state index >= 15 is 0 Å². The Kier molecular flexibility index (Phi) is 4.55. The lowest BCUT2D eigenvalue weighted by atomic mass is 9.93. The van der Waals surface area contributed by atoms with Crippen LogP contribution in [0.4, 0.5) is 0 Å². The van der Waals surface area contributed by atoms with Crippen LogP contribution < -0.4 is 10.6 Å². The second-order valence-electron chi connectivity index (χ2n) is 8.12. The highest BCUT2D eigenvalue weighted by molar-refractivity contribution is 5.99. The van der Waals surface area contributed by atoms with Gasteiger partial charge in [0.05, 0.1) is 13.2 Å². The molecule has 1 saturated heterocycles. The molecule has 1 aliphatic carbocycles. The molecule has 2 aliphatic rings. The molecule has 1 aliphatic heterocycles. The van der Waals surface area contributed by atoms with Crippen molar-refractivity contribution in [2.45, 2.75) is 18.9 Å². The number of aromatic nitrogens is 2. The van der Waals surface area contributed by atoms with E-state index in [1.54, 1.807) is 19.2 Å². The lowest BCUT2D eigenvalue weighted by Gasteiger charge is -2.16. The van der Waals surface area contributed by atoms with Gasteiger partial charge in [-0.05, 0) is 29.8 Å². The highest BCUT2D eigenvalue weighted by Crippen LogP contribution is 2.44. The van der Waals surface area contributed by atoms with Crippen molar-refractivity contribution in [1.82, 2.24) is 20.6 Å². The molecular formula is C23H24N4O3. The van der Waals surface area contributed by atoms with Gasteiger partial charge in [0.25, 0.3) is 11.8 Å². The van der Waals surface area contributed by atoms with Crippen molar-refractivity contribution < 1.29 is 14.3 Å². The average molecular weight is 404 g/mol. The Labute approximate surface area is 174 Å². The Balaban J connectivity index is 1.49. The minimum absolute atomic E-state index is 0.0886. The number of carbonyl (C=O) groups excluding carboxylic acids is 2. The van der Waals surface area contributed by atoms with Crippen LogP contribution in [0, 0.1) is 11.8 Å². The lowest BCUT2D eigenvalue weighted by molar-refractivity contribution is 0.0928. The number of fused-ring (bicyclic) bond motifs is 2. The summed E-state index contributed by atoms with van der Waals surface area (Å²) in [5, 5.41) is 6.82. The first kappa shape index (κ1) is 18.8. The van der Waals surface area contributed by atoms with E-state index in [2.05, 4.69) is 26.7 Å². The van der Waals surface area contributed by atoms with Crippen LogP contribution in [0.1, 0.15) is 44.9 Å². The summed E-state index contributed by atoms with van der Waals surface area (Å²) < 4.78 is 5.40. The zero-order valence-corrected chi connectivity index (χ0v) is 16.9. The molecule has 3 aromatic rings. The van der Waals surface area contributed by atoms with E-state index in [9.17, 15) is 9.59 Å². The molecule has 3 heterocycles. The number of ether oxygens (including phenoxy) is 1. The summed E-state index contributed by atoms with van der Waals surface area (Å²) in [6, 6.07) is 11.6. The summed E-state index contributed by atoms with van der Waals surface area (Å²) in [5.74, 6) is 0.261. The maximum atomic E-state index is 13.0. The Hall–Kier alpha value is -3.19. The molecule has 4 atom stereocenters. The largest absolute Gasteiger partial charge is 0.381 e. The van der Waals surface area contributed by atoms with Gasteiger partial charge in [-0.1, -0.05) is 19.1 Å². The van der Waals surface area contributed by atoms with Gasteiger partial charge in [0.15, 0.2) is 0 Å². The van der Waals surface area contributed by atoms with E-state index < -0.39 is 0 Å². The van der Waals surface area contributed by atoms with Gasteiger partial charge in [0, 0.05) is 59.2 Å². The van der Waals surface area contributed by atoms with Gasteiger partial charge in [0.2, 0.25) is 0 Å². The van der Waals surface area contributed by atoms with Crippen LogP contribution in [0.5, 0.6) is 0 Å². The molecule has 0 unspecified atom stereocenters. The van der Waals surface area contributed by atoms with Gasteiger partial charge in [-0.2, -0.15) is 0 Å². The lowest BCUT2D eigenvalue weighted by Crippen LogP contribution is -2.30. The highest BCUT2D eigenvalue weighted by atomic mass is 16.5.